The van der Waals surface area contributed by atoms with Crippen LogP contribution < -0.4 is 0 Å². The van der Waals surface area contributed by atoms with Crippen molar-refractivity contribution in [2.45, 2.75) is 174 Å². The molecule has 0 fully saturated rings. The maximum atomic E-state index is 11.8. The minimum absolute atomic E-state index is 0.00514. The monoisotopic (exact) mass is 494 g/mol. The highest BCUT2D eigenvalue weighted by Gasteiger charge is 2.02. The Hall–Kier alpha value is -0.830. The molecule has 0 aromatic rings. The normalized spacial score (nSPS) is 11.5. The minimum Gasteiger partial charge on any atom is -0.466 e. The van der Waals surface area contributed by atoms with Gasteiger partial charge in [0.15, 0.2) is 0 Å². The van der Waals surface area contributed by atoms with Gasteiger partial charge in [-0.2, -0.15) is 0 Å². The molecule has 35 heavy (non-hydrogen) atoms. The third kappa shape index (κ3) is 31.1. The summed E-state index contributed by atoms with van der Waals surface area (Å²) in [6.45, 7) is 3.21. The molecule has 3 heteroatoms. The van der Waals surface area contributed by atoms with Gasteiger partial charge in [0.05, 0.1) is 6.61 Å². The topological polar surface area (TPSA) is 46.5 Å². The SMILES string of the molecule is CCCC/C=C\CCCCCCCC(=O)OCCCCCCCCCCCCCCCCCCO. The highest BCUT2D eigenvalue weighted by atomic mass is 16.5. The zero-order chi connectivity index (χ0) is 25.5. The van der Waals surface area contributed by atoms with Crippen molar-refractivity contribution < 1.29 is 14.6 Å². The molecule has 0 spiro atoms. The van der Waals surface area contributed by atoms with E-state index >= 15 is 0 Å². The van der Waals surface area contributed by atoms with Gasteiger partial charge in [0, 0.05) is 13.0 Å². The molecule has 0 aromatic heterocycles. The quantitative estimate of drug-likeness (QED) is 0.0639. The van der Waals surface area contributed by atoms with Crippen molar-refractivity contribution in [3.63, 3.8) is 0 Å². The maximum Gasteiger partial charge on any atom is 0.305 e. The molecule has 0 atom stereocenters. The standard InChI is InChI=1S/C32H62O3/c1-2-3-4-5-6-7-14-17-20-23-26-29-32(34)35-31-28-25-22-19-16-13-11-9-8-10-12-15-18-21-24-27-30-33/h5-6,33H,2-4,7-31H2,1H3/b6-5-. The van der Waals surface area contributed by atoms with Crippen molar-refractivity contribution in [2.75, 3.05) is 13.2 Å². The lowest BCUT2D eigenvalue weighted by molar-refractivity contribution is -0.143. The highest BCUT2D eigenvalue weighted by Crippen LogP contribution is 2.14. The van der Waals surface area contributed by atoms with E-state index in [2.05, 4.69) is 19.1 Å². The number of rotatable bonds is 29. The molecule has 0 bridgehead atoms. The van der Waals surface area contributed by atoms with Gasteiger partial charge in [-0.25, -0.2) is 0 Å². The average Bonchev–Trinajstić information content (AvgIpc) is 2.86. The van der Waals surface area contributed by atoms with Crippen molar-refractivity contribution >= 4 is 5.97 Å². The van der Waals surface area contributed by atoms with Gasteiger partial charge in [-0.1, -0.05) is 141 Å². The lowest BCUT2D eigenvalue weighted by atomic mass is 10.0. The van der Waals surface area contributed by atoms with Gasteiger partial charge in [0.2, 0.25) is 0 Å². The fraction of sp³-hybridized carbons (Fsp3) is 0.906. The number of unbranched alkanes of at least 4 members (excludes halogenated alkanes) is 22. The van der Waals surface area contributed by atoms with Crippen molar-refractivity contribution in [3.8, 4) is 0 Å². The number of ether oxygens (including phenoxy) is 1. The van der Waals surface area contributed by atoms with Crippen LogP contribution in [-0.4, -0.2) is 24.3 Å². The van der Waals surface area contributed by atoms with E-state index in [0.29, 0.717) is 19.6 Å². The van der Waals surface area contributed by atoms with E-state index in [9.17, 15) is 4.79 Å². The van der Waals surface area contributed by atoms with E-state index in [4.69, 9.17) is 9.84 Å². The zero-order valence-corrected chi connectivity index (χ0v) is 23.7. The van der Waals surface area contributed by atoms with E-state index in [-0.39, 0.29) is 5.97 Å². The van der Waals surface area contributed by atoms with Crippen molar-refractivity contribution in [1.29, 1.82) is 0 Å². The van der Waals surface area contributed by atoms with E-state index in [0.717, 1.165) is 25.7 Å². The summed E-state index contributed by atoms with van der Waals surface area (Å²) in [4.78, 5) is 11.8. The third-order valence-corrected chi connectivity index (χ3v) is 6.96. The summed E-state index contributed by atoms with van der Waals surface area (Å²) in [6, 6.07) is 0. The van der Waals surface area contributed by atoms with Crippen LogP contribution in [0.5, 0.6) is 0 Å². The first-order valence-electron chi connectivity index (χ1n) is 15.7. The molecule has 0 heterocycles. The Bertz CT molecular complexity index is 433. The largest absolute Gasteiger partial charge is 0.466 e. The first kappa shape index (κ1) is 34.2. The second kappa shape index (κ2) is 31.2. The second-order valence-corrected chi connectivity index (χ2v) is 10.5. The van der Waals surface area contributed by atoms with E-state index in [1.54, 1.807) is 0 Å². The molecule has 208 valence electrons. The van der Waals surface area contributed by atoms with Crippen LogP contribution in [0.1, 0.15) is 174 Å². The Morgan fingerprint density at radius 2 is 0.943 bits per heavy atom. The van der Waals surface area contributed by atoms with E-state index in [1.807, 2.05) is 0 Å². The molecule has 1 N–H and O–H groups in total. The lowest BCUT2D eigenvalue weighted by Crippen LogP contribution is -2.05. The molecule has 0 radical (unpaired) electrons. The maximum absolute atomic E-state index is 11.8. The molecule has 0 aromatic carbocycles. The van der Waals surface area contributed by atoms with Crippen molar-refractivity contribution in [3.05, 3.63) is 12.2 Å². The summed E-state index contributed by atoms with van der Waals surface area (Å²) < 4.78 is 5.40. The van der Waals surface area contributed by atoms with Gasteiger partial charge in [0.1, 0.15) is 0 Å². The number of carbonyl (C=O) groups is 1. The van der Waals surface area contributed by atoms with Crippen LogP contribution in [0.4, 0.5) is 0 Å². The number of aliphatic hydroxyl groups excluding tert-OH is 1. The Morgan fingerprint density at radius 1 is 0.543 bits per heavy atom. The molecular formula is C32H62O3. The Morgan fingerprint density at radius 3 is 1.43 bits per heavy atom. The van der Waals surface area contributed by atoms with Crippen molar-refractivity contribution in [2.24, 2.45) is 0 Å². The zero-order valence-electron chi connectivity index (χ0n) is 23.7. The van der Waals surface area contributed by atoms with E-state index in [1.165, 1.54) is 135 Å². The molecule has 0 aliphatic carbocycles. The van der Waals surface area contributed by atoms with Crippen LogP contribution in [0.25, 0.3) is 0 Å². The van der Waals surface area contributed by atoms with E-state index < -0.39 is 0 Å². The molecule has 0 saturated heterocycles. The van der Waals surface area contributed by atoms with Gasteiger partial charge < -0.3 is 9.84 Å². The molecule has 0 rings (SSSR count). The fourth-order valence-corrected chi connectivity index (χ4v) is 4.57. The third-order valence-electron chi connectivity index (χ3n) is 6.96. The van der Waals surface area contributed by atoms with Gasteiger partial charge in [-0.05, 0) is 38.5 Å². The first-order chi connectivity index (χ1) is 17.3. The number of carbonyl (C=O) groups excluding carboxylic acids is 1. The number of esters is 1. The Labute approximate surface area is 219 Å². The van der Waals surface area contributed by atoms with Crippen LogP contribution in [0.3, 0.4) is 0 Å². The highest BCUT2D eigenvalue weighted by molar-refractivity contribution is 5.69. The van der Waals surface area contributed by atoms with Crippen LogP contribution in [0.2, 0.25) is 0 Å². The predicted octanol–water partition coefficient (Wildman–Crippen LogP) is 10.2. The van der Waals surface area contributed by atoms with Crippen molar-refractivity contribution in [1.82, 2.24) is 0 Å². The van der Waals surface area contributed by atoms with Crippen LogP contribution in [0, 0.1) is 0 Å². The van der Waals surface area contributed by atoms with Gasteiger partial charge >= 0.3 is 5.97 Å². The summed E-state index contributed by atoms with van der Waals surface area (Å²) >= 11 is 0. The Kier molecular flexibility index (Phi) is 30.5. The molecular weight excluding hydrogens is 432 g/mol. The molecule has 0 amide bonds. The van der Waals surface area contributed by atoms with Crippen LogP contribution in [-0.2, 0) is 9.53 Å². The predicted molar refractivity (Wildman–Crippen MR) is 153 cm³/mol. The second-order valence-electron chi connectivity index (χ2n) is 10.5. The number of allylic oxidation sites excluding steroid dienone is 2. The van der Waals surface area contributed by atoms with Crippen LogP contribution in [0.15, 0.2) is 12.2 Å². The molecule has 0 aliphatic heterocycles. The number of aliphatic hydroxyl groups is 1. The molecule has 0 aliphatic rings. The lowest BCUT2D eigenvalue weighted by Gasteiger charge is -2.05. The first-order valence-corrected chi connectivity index (χ1v) is 15.7. The van der Waals surface area contributed by atoms with Crippen LogP contribution >= 0.6 is 0 Å². The molecule has 0 unspecified atom stereocenters. The summed E-state index contributed by atoms with van der Waals surface area (Å²) in [5, 5.41) is 8.76. The summed E-state index contributed by atoms with van der Waals surface area (Å²) in [6.07, 6.45) is 37.0. The molecule has 0 saturated carbocycles. The smallest absolute Gasteiger partial charge is 0.305 e. The average molecular weight is 495 g/mol. The van der Waals surface area contributed by atoms with Gasteiger partial charge in [-0.15, -0.1) is 0 Å². The Balaban J connectivity index is 3.16. The summed E-state index contributed by atoms with van der Waals surface area (Å²) in [5.74, 6) is 0.00514. The minimum atomic E-state index is 0.00514. The molecule has 3 nitrogen and oxygen atoms in total. The fourth-order valence-electron chi connectivity index (χ4n) is 4.57. The number of hydrogen-bond acceptors (Lipinski definition) is 3. The van der Waals surface area contributed by atoms with Gasteiger partial charge in [0.25, 0.3) is 0 Å². The summed E-state index contributed by atoms with van der Waals surface area (Å²) in [7, 11) is 0. The summed E-state index contributed by atoms with van der Waals surface area (Å²) in [5.41, 5.74) is 0. The van der Waals surface area contributed by atoms with Gasteiger partial charge in [-0.3, -0.25) is 4.79 Å². The number of hydrogen-bond donors (Lipinski definition) is 1.